The van der Waals surface area contributed by atoms with E-state index in [1.165, 1.54) is 0 Å². The molecule has 0 bridgehead atoms. The second-order valence-electron chi connectivity index (χ2n) is 4.30. The monoisotopic (exact) mass is 234 g/mol. The summed E-state index contributed by atoms with van der Waals surface area (Å²) in [4.78, 5) is 0. The van der Waals surface area contributed by atoms with Gasteiger partial charge in [-0.3, -0.25) is 4.68 Å². The molecule has 0 saturated carbocycles. The molecule has 1 N–H and O–H groups in total. The first-order valence-electron chi connectivity index (χ1n) is 5.64. The van der Waals surface area contributed by atoms with Crippen LogP contribution < -0.4 is 5.32 Å². The van der Waals surface area contributed by atoms with Gasteiger partial charge in [0.1, 0.15) is 12.2 Å². The fourth-order valence-electron chi connectivity index (χ4n) is 1.86. The van der Waals surface area contributed by atoms with E-state index in [1.54, 1.807) is 6.33 Å². The van der Waals surface area contributed by atoms with E-state index in [2.05, 4.69) is 33.6 Å². The van der Waals surface area contributed by atoms with Crippen molar-refractivity contribution in [2.45, 2.75) is 26.4 Å². The summed E-state index contributed by atoms with van der Waals surface area (Å²) in [6, 6.07) is 2.24. The van der Waals surface area contributed by atoms with Crippen LogP contribution in [0.25, 0.3) is 0 Å². The number of rotatable bonds is 4. The molecule has 1 unspecified atom stereocenters. The van der Waals surface area contributed by atoms with Gasteiger partial charge in [0.25, 0.3) is 0 Å². The van der Waals surface area contributed by atoms with Crippen LogP contribution in [0.15, 0.2) is 12.4 Å². The van der Waals surface area contributed by atoms with Crippen LogP contribution in [0, 0.1) is 6.92 Å². The predicted molar refractivity (Wildman–Crippen MR) is 64.2 cm³/mol. The zero-order chi connectivity index (χ0) is 12.4. The molecule has 0 aliphatic carbocycles. The van der Waals surface area contributed by atoms with Gasteiger partial charge < -0.3 is 9.88 Å². The molecule has 0 aliphatic rings. The van der Waals surface area contributed by atoms with Gasteiger partial charge in [-0.15, -0.1) is 10.2 Å². The van der Waals surface area contributed by atoms with E-state index in [1.807, 2.05) is 30.3 Å². The molecule has 0 aromatic carbocycles. The third kappa shape index (κ3) is 2.52. The first-order chi connectivity index (χ1) is 8.08. The number of hydrogen-bond donors (Lipinski definition) is 1. The molecule has 92 valence electrons. The van der Waals surface area contributed by atoms with Gasteiger partial charge in [0, 0.05) is 20.6 Å². The lowest BCUT2D eigenvalue weighted by Gasteiger charge is -2.12. The highest BCUT2D eigenvalue weighted by Gasteiger charge is 2.11. The Morgan fingerprint density at radius 2 is 2.18 bits per heavy atom. The molecule has 0 saturated heterocycles. The van der Waals surface area contributed by atoms with Crippen molar-refractivity contribution < 1.29 is 0 Å². The van der Waals surface area contributed by atoms with Gasteiger partial charge in [0.2, 0.25) is 0 Å². The van der Waals surface area contributed by atoms with Crippen LogP contribution in [0.3, 0.4) is 0 Å². The van der Waals surface area contributed by atoms with Crippen LogP contribution in [0.5, 0.6) is 0 Å². The summed E-state index contributed by atoms with van der Waals surface area (Å²) in [7, 11) is 3.90. The molecule has 2 heterocycles. The van der Waals surface area contributed by atoms with E-state index in [4.69, 9.17) is 0 Å². The standard InChI is InChI=1S/C11H18N6/c1-8-5-10(17(4)15-8)6-12-9(2)11-14-13-7-16(11)3/h5,7,9,12H,6H2,1-4H3. The van der Waals surface area contributed by atoms with Gasteiger partial charge in [-0.2, -0.15) is 5.10 Å². The van der Waals surface area contributed by atoms with Gasteiger partial charge in [0.15, 0.2) is 0 Å². The minimum atomic E-state index is 0.165. The van der Waals surface area contributed by atoms with Gasteiger partial charge in [0.05, 0.1) is 17.4 Å². The van der Waals surface area contributed by atoms with Crippen molar-refractivity contribution in [2.75, 3.05) is 0 Å². The Labute approximate surface area is 101 Å². The topological polar surface area (TPSA) is 60.6 Å². The largest absolute Gasteiger partial charge is 0.319 e. The second-order valence-corrected chi connectivity index (χ2v) is 4.30. The maximum absolute atomic E-state index is 4.31. The Kier molecular flexibility index (Phi) is 3.23. The van der Waals surface area contributed by atoms with Crippen LogP contribution in [0.4, 0.5) is 0 Å². The van der Waals surface area contributed by atoms with E-state index < -0.39 is 0 Å². The first-order valence-corrected chi connectivity index (χ1v) is 5.64. The average Bonchev–Trinajstić information content (AvgIpc) is 2.81. The summed E-state index contributed by atoms with van der Waals surface area (Å²) in [5, 5.41) is 15.7. The first kappa shape index (κ1) is 11.8. The van der Waals surface area contributed by atoms with Crippen molar-refractivity contribution in [1.82, 2.24) is 29.9 Å². The molecule has 0 spiro atoms. The zero-order valence-corrected chi connectivity index (χ0v) is 10.7. The van der Waals surface area contributed by atoms with E-state index in [0.717, 1.165) is 23.8 Å². The van der Waals surface area contributed by atoms with Crippen molar-refractivity contribution >= 4 is 0 Å². The highest BCUT2D eigenvalue weighted by Crippen LogP contribution is 2.09. The van der Waals surface area contributed by atoms with Gasteiger partial charge in [-0.05, 0) is 19.9 Å². The number of nitrogens with one attached hydrogen (secondary N) is 1. The molecular weight excluding hydrogens is 216 g/mol. The lowest BCUT2D eigenvalue weighted by molar-refractivity contribution is 0.512. The molecule has 1 atom stereocenters. The maximum Gasteiger partial charge on any atom is 0.149 e. The van der Waals surface area contributed by atoms with Crippen molar-refractivity contribution in [3.8, 4) is 0 Å². The van der Waals surface area contributed by atoms with Crippen LogP contribution in [-0.4, -0.2) is 24.5 Å². The number of aromatic nitrogens is 5. The van der Waals surface area contributed by atoms with Crippen LogP contribution in [0.2, 0.25) is 0 Å². The highest BCUT2D eigenvalue weighted by atomic mass is 15.3. The predicted octanol–water partition coefficient (Wildman–Crippen LogP) is 0.708. The van der Waals surface area contributed by atoms with E-state index >= 15 is 0 Å². The molecule has 0 aliphatic heterocycles. The SMILES string of the molecule is Cc1cc(CNC(C)c2nncn2C)n(C)n1. The fourth-order valence-corrected chi connectivity index (χ4v) is 1.86. The molecule has 6 nitrogen and oxygen atoms in total. The molecule has 6 heteroatoms. The van der Waals surface area contributed by atoms with Gasteiger partial charge >= 0.3 is 0 Å². The summed E-state index contributed by atoms with van der Waals surface area (Å²) in [6.45, 7) is 4.84. The molecule has 0 radical (unpaired) electrons. The zero-order valence-electron chi connectivity index (χ0n) is 10.7. The van der Waals surface area contributed by atoms with Crippen molar-refractivity contribution in [3.63, 3.8) is 0 Å². The molecule has 2 aromatic heterocycles. The Hall–Kier alpha value is -1.69. The minimum Gasteiger partial charge on any atom is -0.319 e. The molecule has 2 rings (SSSR count). The van der Waals surface area contributed by atoms with E-state index in [0.29, 0.717) is 0 Å². The molecule has 0 fully saturated rings. The number of aryl methyl sites for hydroxylation is 3. The fraction of sp³-hybridized carbons (Fsp3) is 0.545. The summed E-state index contributed by atoms with van der Waals surface area (Å²) >= 11 is 0. The molecule has 0 amide bonds. The number of hydrogen-bond acceptors (Lipinski definition) is 4. The summed E-state index contributed by atoms with van der Waals surface area (Å²) in [5.74, 6) is 0.934. The average molecular weight is 234 g/mol. The van der Waals surface area contributed by atoms with E-state index in [-0.39, 0.29) is 6.04 Å². The van der Waals surface area contributed by atoms with Crippen LogP contribution in [-0.2, 0) is 20.6 Å². The van der Waals surface area contributed by atoms with Crippen molar-refractivity contribution in [2.24, 2.45) is 14.1 Å². The summed E-state index contributed by atoms with van der Waals surface area (Å²) in [5.41, 5.74) is 2.20. The quantitative estimate of drug-likeness (QED) is 0.846. The van der Waals surface area contributed by atoms with Crippen LogP contribution in [0.1, 0.15) is 30.2 Å². The lowest BCUT2D eigenvalue weighted by Crippen LogP contribution is -2.22. The minimum absolute atomic E-state index is 0.165. The third-order valence-corrected chi connectivity index (χ3v) is 2.82. The van der Waals surface area contributed by atoms with Gasteiger partial charge in [-0.25, -0.2) is 0 Å². The third-order valence-electron chi connectivity index (χ3n) is 2.82. The normalized spacial score (nSPS) is 12.9. The Balaban J connectivity index is 1.99. The Bertz CT molecular complexity index is 498. The lowest BCUT2D eigenvalue weighted by atomic mass is 10.3. The second kappa shape index (κ2) is 4.67. The summed E-state index contributed by atoms with van der Waals surface area (Å²) in [6.07, 6.45) is 1.71. The maximum atomic E-state index is 4.31. The smallest absolute Gasteiger partial charge is 0.149 e. The molecular formula is C11H18N6. The highest BCUT2D eigenvalue weighted by molar-refractivity contribution is 5.08. The Morgan fingerprint density at radius 1 is 1.41 bits per heavy atom. The number of nitrogens with zero attached hydrogens (tertiary/aromatic N) is 5. The summed E-state index contributed by atoms with van der Waals surface area (Å²) < 4.78 is 3.82. The van der Waals surface area contributed by atoms with Crippen molar-refractivity contribution in [1.29, 1.82) is 0 Å². The van der Waals surface area contributed by atoms with Crippen molar-refractivity contribution in [3.05, 3.63) is 29.6 Å². The van der Waals surface area contributed by atoms with E-state index in [9.17, 15) is 0 Å². The van der Waals surface area contributed by atoms with Gasteiger partial charge in [-0.1, -0.05) is 0 Å². The molecule has 2 aromatic rings. The molecule has 17 heavy (non-hydrogen) atoms. The Morgan fingerprint density at radius 3 is 2.71 bits per heavy atom. The van der Waals surface area contributed by atoms with Crippen LogP contribution >= 0.6 is 0 Å².